The molecule has 2 aliphatic rings. The molecule has 2 heterocycles. The largest absolute Gasteiger partial charge is 0.444 e. The summed E-state index contributed by atoms with van der Waals surface area (Å²) in [4.78, 5) is 18.9. The molecule has 7 nitrogen and oxygen atoms in total. The number of anilines is 1. The van der Waals surface area contributed by atoms with Crippen molar-refractivity contribution in [3.05, 3.63) is 64.5 Å². The summed E-state index contributed by atoms with van der Waals surface area (Å²) < 4.78 is 20.2. The van der Waals surface area contributed by atoms with Gasteiger partial charge in [0, 0.05) is 39.3 Å². The zero-order valence-electron chi connectivity index (χ0n) is 23.9. The van der Waals surface area contributed by atoms with Gasteiger partial charge in [-0.25, -0.2) is 9.18 Å². The number of aliphatic hydroxyl groups is 1. The van der Waals surface area contributed by atoms with E-state index in [9.17, 15) is 14.3 Å². The molecule has 2 aliphatic heterocycles. The molecule has 2 aromatic carbocycles. The minimum Gasteiger partial charge on any atom is -0.444 e. The molecule has 1 unspecified atom stereocenters. The first kappa shape index (κ1) is 31.1. The van der Waals surface area contributed by atoms with Crippen molar-refractivity contribution < 1.29 is 19.0 Å². The summed E-state index contributed by atoms with van der Waals surface area (Å²) in [5.74, 6) is -0.386. The van der Waals surface area contributed by atoms with Gasteiger partial charge in [-0.3, -0.25) is 4.90 Å². The summed E-state index contributed by atoms with van der Waals surface area (Å²) in [6, 6.07) is 12.5. The molecule has 1 fully saturated rings. The first-order valence-corrected chi connectivity index (χ1v) is 13.6. The second-order valence-electron chi connectivity index (χ2n) is 9.87. The van der Waals surface area contributed by atoms with Crippen LogP contribution in [0.3, 0.4) is 0 Å². The molecule has 0 spiro atoms. The third kappa shape index (κ3) is 7.68. The van der Waals surface area contributed by atoms with E-state index in [1.807, 2.05) is 77.6 Å². The lowest BCUT2D eigenvalue weighted by Crippen LogP contribution is -2.52. The van der Waals surface area contributed by atoms with Crippen molar-refractivity contribution in [2.45, 2.75) is 73.3 Å². The number of aliphatic hydroxyl groups excluding tert-OH is 1. The van der Waals surface area contributed by atoms with Gasteiger partial charge in [0.05, 0.1) is 30.0 Å². The van der Waals surface area contributed by atoms with E-state index in [1.165, 1.54) is 6.07 Å². The minimum atomic E-state index is -0.587. The lowest BCUT2D eigenvalue weighted by Gasteiger charge is -2.44. The van der Waals surface area contributed by atoms with Gasteiger partial charge in [0.2, 0.25) is 0 Å². The summed E-state index contributed by atoms with van der Waals surface area (Å²) in [7, 11) is 0. The number of fused-ring (bicyclic) bond motifs is 1. The highest BCUT2D eigenvalue weighted by Crippen LogP contribution is 2.34. The molecule has 0 bridgehead atoms. The fraction of sp³-hybridized carbons (Fsp3) is 0.533. The van der Waals surface area contributed by atoms with E-state index in [2.05, 4.69) is 4.90 Å². The molecule has 0 aliphatic carbocycles. The lowest BCUT2D eigenvalue weighted by atomic mass is 9.92. The van der Waals surface area contributed by atoms with Crippen LogP contribution in [0.2, 0.25) is 0 Å². The standard InChI is InChI=1S/C26H31FN4O3.2C2H6/c1-26(2,3)34-25(33)31-15-20-12-19(17-32)4-6-21(20)24(16-31)30-10-8-29(9-11-30)23-7-5-18(14-28)13-22(23)27;2*1-2/h4-7,12-13,24,32H,8-11,15-17H2,1-3H3;2*1-2H3. The van der Waals surface area contributed by atoms with Crippen LogP contribution in [-0.2, 0) is 17.9 Å². The van der Waals surface area contributed by atoms with Gasteiger partial charge in [0.25, 0.3) is 0 Å². The number of carbonyl (C=O) groups is 1. The Labute approximate surface area is 227 Å². The molecule has 38 heavy (non-hydrogen) atoms. The second kappa shape index (κ2) is 14.1. The number of halogens is 1. The number of ether oxygens (including phenoxy) is 1. The van der Waals surface area contributed by atoms with Crippen LogP contribution in [0.4, 0.5) is 14.9 Å². The molecule has 0 radical (unpaired) electrons. The summed E-state index contributed by atoms with van der Waals surface area (Å²) in [5.41, 5.74) is 3.19. The predicted molar refractivity (Wildman–Crippen MR) is 149 cm³/mol. The molecule has 4 rings (SSSR count). The Morgan fingerprint density at radius 3 is 2.29 bits per heavy atom. The monoisotopic (exact) mass is 526 g/mol. The highest BCUT2D eigenvalue weighted by molar-refractivity contribution is 5.69. The van der Waals surface area contributed by atoms with Crippen molar-refractivity contribution >= 4 is 11.8 Å². The fourth-order valence-corrected chi connectivity index (χ4v) is 4.68. The van der Waals surface area contributed by atoms with E-state index in [0.717, 1.165) is 16.7 Å². The molecule has 1 amide bonds. The van der Waals surface area contributed by atoms with Crippen molar-refractivity contribution in [1.82, 2.24) is 9.80 Å². The molecular weight excluding hydrogens is 483 g/mol. The number of rotatable bonds is 3. The average molecular weight is 527 g/mol. The molecule has 2 aromatic rings. The van der Waals surface area contributed by atoms with E-state index in [0.29, 0.717) is 50.5 Å². The second-order valence-corrected chi connectivity index (χ2v) is 9.87. The summed E-state index contributed by atoms with van der Waals surface area (Å²) in [6.45, 7) is 17.1. The number of hydrogen-bond acceptors (Lipinski definition) is 6. The predicted octanol–water partition coefficient (Wildman–Crippen LogP) is 5.86. The molecule has 0 aromatic heterocycles. The minimum absolute atomic E-state index is 0.0167. The summed E-state index contributed by atoms with van der Waals surface area (Å²) >= 11 is 0. The number of benzene rings is 2. The SMILES string of the molecule is CC.CC.CC(C)(C)OC(=O)N1Cc2cc(CO)ccc2C(N2CCN(c3ccc(C#N)cc3F)CC2)C1. The quantitative estimate of drug-likeness (QED) is 0.540. The average Bonchev–Trinajstić information content (AvgIpc) is 2.93. The van der Waals surface area contributed by atoms with Crippen LogP contribution in [0.25, 0.3) is 0 Å². The number of amides is 1. The number of hydrogen-bond donors (Lipinski definition) is 1. The van der Waals surface area contributed by atoms with E-state index < -0.39 is 5.60 Å². The van der Waals surface area contributed by atoms with Crippen LogP contribution in [0.15, 0.2) is 36.4 Å². The van der Waals surface area contributed by atoms with Gasteiger partial charge >= 0.3 is 6.09 Å². The lowest BCUT2D eigenvalue weighted by molar-refractivity contribution is 0.0130. The zero-order valence-corrected chi connectivity index (χ0v) is 23.9. The Kier molecular flexibility index (Phi) is 11.6. The van der Waals surface area contributed by atoms with Gasteiger partial charge in [0.1, 0.15) is 11.4 Å². The van der Waals surface area contributed by atoms with E-state index in [4.69, 9.17) is 10.00 Å². The molecule has 1 N–H and O–H groups in total. The van der Waals surface area contributed by atoms with Crippen molar-refractivity contribution in [2.24, 2.45) is 0 Å². The number of carbonyl (C=O) groups excluding carboxylic acids is 1. The van der Waals surface area contributed by atoms with Crippen LogP contribution in [0.1, 0.15) is 76.8 Å². The van der Waals surface area contributed by atoms with Crippen molar-refractivity contribution in [2.75, 3.05) is 37.6 Å². The van der Waals surface area contributed by atoms with Crippen molar-refractivity contribution in [3.8, 4) is 6.07 Å². The van der Waals surface area contributed by atoms with Gasteiger partial charge in [-0.05, 0) is 55.7 Å². The van der Waals surface area contributed by atoms with Crippen LogP contribution in [0, 0.1) is 17.1 Å². The van der Waals surface area contributed by atoms with Gasteiger partial charge < -0.3 is 19.6 Å². The van der Waals surface area contributed by atoms with Crippen LogP contribution in [-0.4, -0.2) is 59.3 Å². The fourth-order valence-electron chi connectivity index (χ4n) is 4.68. The molecule has 208 valence electrons. The molecule has 8 heteroatoms. The maximum Gasteiger partial charge on any atom is 0.410 e. The Hall–Kier alpha value is -3.15. The highest BCUT2D eigenvalue weighted by atomic mass is 19.1. The van der Waals surface area contributed by atoms with Crippen LogP contribution >= 0.6 is 0 Å². The third-order valence-electron chi connectivity index (χ3n) is 6.33. The molecule has 1 atom stereocenters. The maximum atomic E-state index is 14.5. The number of nitrogens with zero attached hydrogens (tertiary/aromatic N) is 4. The summed E-state index contributed by atoms with van der Waals surface area (Å²) in [6.07, 6.45) is -0.351. The van der Waals surface area contributed by atoms with Crippen molar-refractivity contribution in [1.29, 1.82) is 5.26 Å². The number of nitriles is 1. The Morgan fingerprint density at radius 1 is 1.08 bits per heavy atom. The molecular formula is C30H43FN4O3. The van der Waals surface area contributed by atoms with Crippen LogP contribution in [0.5, 0.6) is 0 Å². The smallest absolute Gasteiger partial charge is 0.410 e. The van der Waals surface area contributed by atoms with Crippen molar-refractivity contribution in [3.63, 3.8) is 0 Å². The molecule has 0 saturated carbocycles. The normalized spacial score (nSPS) is 17.2. The van der Waals surface area contributed by atoms with Gasteiger partial charge in [-0.2, -0.15) is 5.26 Å². The Bertz CT molecular complexity index is 1100. The first-order chi connectivity index (χ1) is 18.2. The first-order valence-electron chi connectivity index (χ1n) is 13.6. The highest BCUT2D eigenvalue weighted by Gasteiger charge is 2.35. The zero-order chi connectivity index (χ0) is 28.5. The number of piperazine rings is 1. The van der Waals surface area contributed by atoms with E-state index in [-0.39, 0.29) is 24.6 Å². The maximum absolute atomic E-state index is 14.5. The van der Waals surface area contributed by atoms with Gasteiger partial charge in [-0.1, -0.05) is 45.9 Å². The van der Waals surface area contributed by atoms with E-state index >= 15 is 0 Å². The Morgan fingerprint density at radius 2 is 1.74 bits per heavy atom. The topological polar surface area (TPSA) is 80.0 Å². The summed E-state index contributed by atoms with van der Waals surface area (Å²) in [5, 5.41) is 18.6. The third-order valence-corrected chi connectivity index (χ3v) is 6.33. The van der Waals surface area contributed by atoms with Gasteiger partial charge in [0.15, 0.2) is 0 Å². The Balaban J connectivity index is 0.00000121. The van der Waals surface area contributed by atoms with Crippen LogP contribution < -0.4 is 4.90 Å². The molecule has 1 saturated heterocycles. The van der Waals surface area contributed by atoms with Gasteiger partial charge in [-0.15, -0.1) is 0 Å². The van der Waals surface area contributed by atoms with E-state index in [1.54, 1.807) is 17.0 Å².